The van der Waals surface area contributed by atoms with Crippen LogP contribution in [0, 0.1) is 13.8 Å². The van der Waals surface area contributed by atoms with Gasteiger partial charge < -0.3 is 10.4 Å². The van der Waals surface area contributed by atoms with Crippen molar-refractivity contribution in [2.45, 2.75) is 27.3 Å². The number of hydrogen-bond acceptors (Lipinski definition) is 9. The average Bonchev–Trinajstić information content (AvgIpc) is 3.61. The van der Waals surface area contributed by atoms with Gasteiger partial charge in [-0.3, -0.25) is 20.9 Å². The largest absolute Gasteiger partial charge is 0.337 e. The second-order valence-electron chi connectivity index (χ2n) is 8.98. The predicted molar refractivity (Wildman–Crippen MR) is 141 cm³/mol. The van der Waals surface area contributed by atoms with Gasteiger partial charge in [0, 0.05) is 49.0 Å². The molecule has 0 aliphatic heterocycles. The van der Waals surface area contributed by atoms with Gasteiger partial charge in [0.25, 0.3) is 0 Å². The van der Waals surface area contributed by atoms with Crippen LogP contribution in [-0.2, 0) is 6.54 Å². The van der Waals surface area contributed by atoms with E-state index >= 15 is 0 Å². The molecule has 12 heteroatoms. The summed E-state index contributed by atoms with van der Waals surface area (Å²) in [6, 6.07) is 2.03. The van der Waals surface area contributed by atoms with Crippen molar-refractivity contribution < 1.29 is 0 Å². The van der Waals surface area contributed by atoms with Crippen LogP contribution in [0.5, 0.6) is 0 Å². The minimum absolute atomic E-state index is 0.521. The Kier molecular flexibility index (Phi) is 5.39. The molecular weight excluding hydrogens is 468 g/mol. The summed E-state index contributed by atoms with van der Waals surface area (Å²) in [6.07, 6.45) is 12.6. The molecule has 0 aromatic carbocycles. The number of aromatic amines is 1. The van der Waals surface area contributed by atoms with Crippen LogP contribution < -0.4 is 11.7 Å². The van der Waals surface area contributed by atoms with Gasteiger partial charge in [-0.1, -0.05) is 6.92 Å². The molecular formula is C25H26N12. The van der Waals surface area contributed by atoms with E-state index in [2.05, 4.69) is 37.1 Å². The lowest BCUT2D eigenvalue weighted by molar-refractivity contribution is 0.290. The molecule has 37 heavy (non-hydrogen) atoms. The molecule has 6 rings (SSSR count). The van der Waals surface area contributed by atoms with Gasteiger partial charge in [0.1, 0.15) is 16.7 Å². The number of hydrazine groups is 1. The molecule has 0 radical (unpaired) electrons. The van der Waals surface area contributed by atoms with Crippen LogP contribution >= 0.6 is 0 Å². The Hall–Kier alpha value is -4.68. The van der Waals surface area contributed by atoms with Crippen LogP contribution in [0.2, 0.25) is 0 Å². The molecule has 6 heterocycles. The summed E-state index contributed by atoms with van der Waals surface area (Å²) in [6.45, 7) is 7.38. The highest BCUT2D eigenvalue weighted by Crippen LogP contribution is 2.32. The lowest BCUT2D eigenvalue weighted by atomic mass is 9.99. The summed E-state index contributed by atoms with van der Waals surface area (Å²) < 4.78 is 3.40. The van der Waals surface area contributed by atoms with Crippen molar-refractivity contribution in [2.75, 3.05) is 12.4 Å². The smallest absolute Gasteiger partial charge is 0.181 e. The number of H-pyrrole nitrogens is 1. The van der Waals surface area contributed by atoms with Crippen LogP contribution in [0.4, 0.5) is 0 Å². The maximum Gasteiger partial charge on any atom is 0.181 e. The molecule has 5 N–H and O–H groups in total. The van der Waals surface area contributed by atoms with E-state index in [1.807, 2.05) is 43.1 Å². The van der Waals surface area contributed by atoms with Crippen LogP contribution in [-0.4, -0.2) is 55.9 Å². The Balaban J connectivity index is 1.48. The third kappa shape index (κ3) is 3.79. The highest BCUT2D eigenvalue weighted by atomic mass is 15.4. The highest BCUT2D eigenvalue weighted by molar-refractivity contribution is 5.95. The number of hydrogen-bond donors (Lipinski definition) is 3. The second kappa shape index (κ2) is 8.76. The number of nitrogens with two attached hydrogens (primary N) is 2. The Morgan fingerprint density at radius 2 is 1.89 bits per heavy atom. The molecule has 0 atom stereocenters. The fourth-order valence-electron chi connectivity index (χ4n) is 4.48. The number of nitrogen functional groups attached to an aromatic ring is 1. The Labute approximate surface area is 212 Å². The number of imidazole rings is 2. The molecule has 0 unspecified atom stereocenters. The summed E-state index contributed by atoms with van der Waals surface area (Å²) in [5, 5.41) is 10.0. The van der Waals surface area contributed by atoms with Crippen LogP contribution in [0.15, 0.2) is 49.6 Å². The second-order valence-corrected chi connectivity index (χ2v) is 8.98. The predicted octanol–water partition coefficient (Wildman–Crippen LogP) is 2.64. The normalized spacial score (nSPS) is 11.8. The number of aryl methyl sites for hydroxylation is 1. The summed E-state index contributed by atoms with van der Waals surface area (Å²) in [5.74, 6) is 13.1. The third-order valence-electron chi connectivity index (χ3n) is 6.62. The molecule has 186 valence electrons. The molecule has 0 saturated heterocycles. The van der Waals surface area contributed by atoms with Gasteiger partial charge >= 0.3 is 0 Å². The van der Waals surface area contributed by atoms with E-state index in [0.717, 1.165) is 45.6 Å². The van der Waals surface area contributed by atoms with Crippen molar-refractivity contribution in [1.29, 1.82) is 0 Å². The molecule has 0 amide bonds. The van der Waals surface area contributed by atoms with Crippen LogP contribution in [0.25, 0.3) is 50.4 Å². The van der Waals surface area contributed by atoms with Crippen molar-refractivity contribution in [1.82, 2.24) is 49.4 Å². The number of rotatable bonds is 6. The van der Waals surface area contributed by atoms with E-state index < -0.39 is 0 Å². The molecule has 12 nitrogen and oxygen atoms in total. The van der Waals surface area contributed by atoms with Crippen molar-refractivity contribution in [2.24, 2.45) is 5.84 Å². The van der Waals surface area contributed by atoms with E-state index in [9.17, 15) is 0 Å². The summed E-state index contributed by atoms with van der Waals surface area (Å²) in [7, 11) is 0. The number of pyridine rings is 3. The lowest BCUT2D eigenvalue weighted by Gasteiger charge is -2.16. The molecule has 6 aromatic heterocycles. The van der Waals surface area contributed by atoms with E-state index in [1.165, 1.54) is 4.68 Å². The Morgan fingerprint density at radius 1 is 1.05 bits per heavy atom. The van der Waals surface area contributed by atoms with Crippen molar-refractivity contribution in [3.05, 3.63) is 66.4 Å². The molecule has 0 aliphatic carbocycles. The fourth-order valence-corrected chi connectivity index (χ4v) is 4.48. The van der Waals surface area contributed by atoms with Gasteiger partial charge in [-0.05, 0) is 31.0 Å². The first kappa shape index (κ1) is 22.8. The SMILES string of the molecule is CCN(N)Cc1cncc(-c2cnc3n[nH]c(-c4nc5c(-n6cnc(C)c6)cncc5n4N)c3c2)c1C. The zero-order chi connectivity index (χ0) is 25.7. The molecule has 6 aromatic rings. The standard InChI is InChI=1S/C25H26N12/c1-4-36(26)12-17-6-28-8-19(15(17)3)16-5-18-22(33-34-24(18)30-7-16)25-32-23-20(35-11-14(2)31-13-35)9-29-10-21(23)37(25)27/h5-11,13H,4,12,26-27H2,1-3H3,(H,30,33,34). The molecule has 0 bridgehead atoms. The zero-order valence-corrected chi connectivity index (χ0v) is 20.7. The Morgan fingerprint density at radius 3 is 2.68 bits per heavy atom. The maximum atomic E-state index is 6.52. The summed E-state index contributed by atoms with van der Waals surface area (Å²) in [4.78, 5) is 22.6. The number of fused-ring (bicyclic) bond motifs is 2. The average molecular weight is 495 g/mol. The topological polar surface area (TPSA) is 158 Å². The van der Waals surface area contributed by atoms with Crippen molar-refractivity contribution >= 4 is 22.1 Å². The Bertz CT molecular complexity index is 1760. The first-order valence-electron chi connectivity index (χ1n) is 11.8. The van der Waals surface area contributed by atoms with E-state index in [4.69, 9.17) is 16.7 Å². The minimum atomic E-state index is 0.521. The molecule has 0 saturated carbocycles. The number of aromatic nitrogens is 9. The maximum absolute atomic E-state index is 6.52. The lowest BCUT2D eigenvalue weighted by Crippen LogP contribution is -2.30. The van der Waals surface area contributed by atoms with Crippen LogP contribution in [0.3, 0.4) is 0 Å². The van der Waals surface area contributed by atoms with E-state index in [0.29, 0.717) is 34.7 Å². The molecule has 0 fully saturated rings. The first-order valence-corrected chi connectivity index (χ1v) is 11.8. The number of nitrogens with zero attached hydrogens (tertiary/aromatic N) is 9. The monoisotopic (exact) mass is 494 g/mol. The van der Waals surface area contributed by atoms with Gasteiger partial charge in [0.05, 0.1) is 35.5 Å². The number of nitrogens with one attached hydrogen (secondary N) is 1. The van der Waals surface area contributed by atoms with E-state index in [-0.39, 0.29) is 0 Å². The quantitative estimate of drug-likeness (QED) is 0.234. The van der Waals surface area contributed by atoms with Gasteiger partial charge in [-0.15, -0.1) is 0 Å². The summed E-state index contributed by atoms with van der Waals surface area (Å²) in [5.41, 5.74) is 8.34. The van der Waals surface area contributed by atoms with Crippen molar-refractivity contribution in [3.8, 4) is 28.3 Å². The van der Waals surface area contributed by atoms with Gasteiger partial charge in [-0.25, -0.2) is 24.6 Å². The first-order chi connectivity index (χ1) is 17.9. The van der Waals surface area contributed by atoms with Crippen molar-refractivity contribution in [3.63, 3.8) is 0 Å². The summed E-state index contributed by atoms with van der Waals surface area (Å²) >= 11 is 0. The third-order valence-corrected chi connectivity index (χ3v) is 6.62. The van der Waals surface area contributed by atoms with E-state index in [1.54, 1.807) is 29.9 Å². The van der Waals surface area contributed by atoms with Gasteiger partial charge in [-0.2, -0.15) is 5.10 Å². The minimum Gasteiger partial charge on any atom is -0.337 e. The highest BCUT2D eigenvalue weighted by Gasteiger charge is 2.20. The van der Waals surface area contributed by atoms with Crippen LogP contribution in [0.1, 0.15) is 23.7 Å². The van der Waals surface area contributed by atoms with Gasteiger partial charge in [0.2, 0.25) is 0 Å². The molecule has 0 spiro atoms. The zero-order valence-electron chi connectivity index (χ0n) is 20.7. The fraction of sp³-hybridized carbons (Fsp3) is 0.200. The van der Waals surface area contributed by atoms with Gasteiger partial charge in [0.15, 0.2) is 11.5 Å². The molecule has 0 aliphatic rings.